The summed E-state index contributed by atoms with van der Waals surface area (Å²) in [6, 6.07) is 4.36. The summed E-state index contributed by atoms with van der Waals surface area (Å²) in [4.78, 5) is 11.2. The fourth-order valence-corrected chi connectivity index (χ4v) is 2.18. The lowest BCUT2D eigenvalue weighted by Gasteiger charge is -2.15. The van der Waals surface area contributed by atoms with Gasteiger partial charge in [0.1, 0.15) is 11.3 Å². The van der Waals surface area contributed by atoms with E-state index in [-0.39, 0.29) is 22.9 Å². The van der Waals surface area contributed by atoms with Gasteiger partial charge in [-0.25, -0.2) is 4.79 Å². The number of rotatable bonds is 3. The normalized spacial score (nSPS) is 12.1. The van der Waals surface area contributed by atoms with E-state index >= 15 is 0 Å². The second-order valence-corrected chi connectivity index (χ2v) is 5.01. The average molecular weight is 364 g/mol. The summed E-state index contributed by atoms with van der Waals surface area (Å²) in [6.45, 7) is 0. The number of methoxy groups -OCH3 is 1. The van der Waals surface area contributed by atoms with E-state index in [0.29, 0.717) is 12.1 Å². The zero-order valence-corrected chi connectivity index (χ0v) is 12.5. The van der Waals surface area contributed by atoms with Crippen molar-refractivity contribution in [1.29, 1.82) is 0 Å². The van der Waals surface area contributed by atoms with E-state index in [1.165, 1.54) is 13.2 Å². The number of alkyl halides is 6. The van der Waals surface area contributed by atoms with Gasteiger partial charge in [0.15, 0.2) is 0 Å². The van der Waals surface area contributed by atoms with Crippen LogP contribution in [0.4, 0.5) is 26.3 Å². The monoisotopic (exact) mass is 364 g/mol. The molecule has 0 bridgehead atoms. The fraction of sp³-hybridized carbons (Fsp3) is 0.188. The number of hydrogen-bond donors (Lipinski definition) is 1. The first kappa shape index (κ1) is 18.6. The van der Waals surface area contributed by atoms with Crippen molar-refractivity contribution in [2.45, 2.75) is 12.4 Å². The maximum atomic E-state index is 12.9. The molecule has 0 aromatic heterocycles. The number of carbonyl (C=O) groups is 1. The molecular formula is C16H10F6O3. The van der Waals surface area contributed by atoms with Crippen LogP contribution in [0.25, 0.3) is 11.1 Å². The number of aromatic carboxylic acids is 1. The van der Waals surface area contributed by atoms with Crippen molar-refractivity contribution >= 4 is 5.97 Å². The van der Waals surface area contributed by atoms with Gasteiger partial charge < -0.3 is 9.84 Å². The van der Waals surface area contributed by atoms with Gasteiger partial charge in [-0.05, 0) is 41.5 Å². The topological polar surface area (TPSA) is 46.5 Å². The second kappa shape index (κ2) is 6.30. The molecule has 0 atom stereocenters. The molecule has 0 aliphatic rings. The SMILES string of the molecule is COc1ccc(-c2cc(C(F)(F)F)cc(C(F)(F)F)c2)cc1C(=O)O. The van der Waals surface area contributed by atoms with Gasteiger partial charge in [0.25, 0.3) is 0 Å². The van der Waals surface area contributed by atoms with Crippen molar-refractivity contribution in [2.75, 3.05) is 7.11 Å². The van der Waals surface area contributed by atoms with Crippen LogP contribution in [-0.2, 0) is 12.4 Å². The molecule has 0 amide bonds. The first-order valence-corrected chi connectivity index (χ1v) is 6.64. The third-order valence-electron chi connectivity index (χ3n) is 3.35. The lowest BCUT2D eigenvalue weighted by molar-refractivity contribution is -0.143. The molecule has 0 saturated carbocycles. The quantitative estimate of drug-likeness (QED) is 0.771. The Morgan fingerprint density at radius 3 is 1.80 bits per heavy atom. The van der Waals surface area contributed by atoms with Crippen LogP contribution in [0.3, 0.4) is 0 Å². The minimum absolute atomic E-state index is 0.00509. The Kier molecular flexibility index (Phi) is 4.70. The summed E-state index contributed by atoms with van der Waals surface area (Å²) in [5.74, 6) is -1.50. The summed E-state index contributed by atoms with van der Waals surface area (Å²) in [5, 5.41) is 9.10. The molecule has 0 radical (unpaired) electrons. The molecule has 1 N–H and O–H groups in total. The van der Waals surface area contributed by atoms with Gasteiger partial charge in [-0.3, -0.25) is 0 Å². The van der Waals surface area contributed by atoms with Crippen LogP contribution in [0.5, 0.6) is 5.75 Å². The summed E-state index contributed by atoms with van der Waals surface area (Å²) in [5.41, 5.74) is -3.87. The van der Waals surface area contributed by atoms with Crippen molar-refractivity contribution in [1.82, 2.24) is 0 Å². The molecule has 0 unspecified atom stereocenters. The smallest absolute Gasteiger partial charge is 0.416 e. The van der Waals surface area contributed by atoms with Crippen LogP contribution in [-0.4, -0.2) is 18.2 Å². The van der Waals surface area contributed by atoms with Gasteiger partial charge in [-0.1, -0.05) is 6.07 Å². The molecule has 0 aliphatic heterocycles. The number of ether oxygens (including phenoxy) is 1. The van der Waals surface area contributed by atoms with Crippen molar-refractivity contribution < 1.29 is 41.0 Å². The Morgan fingerprint density at radius 1 is 0.880 bits per heavy atom. The summed E-state index contributed by atoms with van der Waals surface area (Å²) in [6.07, 6.45) is -9.98. The molecule has 2 aromatic carbocycles. The van der Waals surface area contributed by atoms with Gasteiger partial charge in [0.05, 0.1) is 18.2 Å². The number of halogens is 6. The predicted molar refractivity (Wildman–Crippen MR) is 75.4 cm³/mol. The summed E-state index contributed by atoms with van der Waals surface area (Å²) in [7, 11) is 1.19. The van der Waals surface area contributed by atoms with E-state index < -0.39 is 35.0 Å². The highest BCUT2D eigenvalue weighted by Gasteiger charge is 2.37. The molecule has 2 rings (SSSR count). The minimum atomic E-state index is -4.99. The zero-order chi connectivity index (χ0) is 19.0. The van der Waals surface area contributed by atoms with Gasteiger partial charge in [-0.2, -0.15) is 26.3 Å². The maximum Gasteiger partial charge on any atom is 0.416 e. The third-order valence-corrected chi connectivity index (χ3v) is 3.35. The Bertz CT molecular complexity index is 776. The van der Waals surface area contributed by atoms with Crippen LogP contribution in [0.1, 0.15) is 21.5 Å². The zero-order valence-electron chi connectivity index (χ0n) is 12.5. The first-order chi connectivity index (χ1) is 11.4. The van der Waals surface area contributed by atoms with Crippen LogP contribution in [0.15, 0.2) is 36.4 Å². The molecule has 3 nitrogen and oxygen atoms in total. The molecule has 134 valence electrons. The highest BCUT2D eigenvalue weighted by Crippen LogP contribution is 2.39. The fourth-order valence-electron chi connectivity index (χ4n) is 2.18. The first-order valence-electron chi connectivity index (χ1n) is 6.64. The Labute approximate surface area is 137 Å². The van der Waals surface area contributed by atoms with Crippen LogP contribution < -0.4 is 4.74 Å². The summed E-state index contributed by atoms with van der Waals surface area (Å²) < 4.78 is 82.2. The van der Waals surface area contributed by atoms with E-state index in [4.69, 9.17) is 9.84 Å². The highest BCUT2D eigenvalue weighted by atomic mass is 19.4. The molecule has 0 heterocycles. The molecule has 0 fully saturated rings. The number of benzene rings is 2. The largest absolute Gasteiger partial charge is 0.496 e. The van der Waals surface area contributed by atoms with E-state index in [1.807, 2.05) is 0 Å². The van der Waals surface area contributed by atoms with Crippen LogP contribution in [0.2, 0.25) is 0 Å². The van der Waals surface area contributed by atoms with Crippen molar-refractivity contribution in [3.8, 4) is 16.9 Å². The highest BCUT2D eigenvalue weighted by molar-refractivity contribution is 5.92. The van der Waals surface area contributed by atoms with Crippen molar-refractivity contribution in [2.24, 2.45) is 0 Å². The van der Waals surface area contributed by atoms with Crippen LogP contribution >= 0.6 is 0 Å². The van der Waals surface area contributed by atoms with Crippen molar-refractivity contribution in [3.63, 3.8) is 0 Å². The van der Waals surface area contributed by atoms with E-state index in [9.17, 15) is 31.1 Å². The molecular weight excluding hydrogens is 354 g/mol. The van der Waals surface area contributed by atoms with E-state index in [2.05, 4.69) is 0 Å². The van der Waals surface area contributed by atoms with Gasteiger partial charge in [0.2, 0.25) is 0 Å². The van der Waals surface area contributed by atoms with Crippen molar-refractivity contribution in [3.05, 3.63) is 53.1 Å². The standard InChI is InChI=1S/C16H10F6O3/c1-25-13-3-2-8(6-12(13)14(23)24)9-4-10(15(17,18)19)7-11(5-9)16(20,21)22/h2-7H,1H3,(H,23,24). The van der Waals surface area contributed by atoms with E-state index in [1.54, 1.807) is 0 Å². The number of carboxylic acids is 1. The number of hydrogen-bond acceptors (Lipinski definition) is 2. The van der Waals surface area contributed by atoms with Gasteiger partial charge in [0, 0.05) is 0 Å². The molecule has 25 heavy (non-hydrogen) atoms. The molecule has 2 aromatic rings. The molecule has 0 spiro atoms. The van der Waals surface area contributed by atoms with Crippen LogP contribution in [0, 0.1) is 0 Å². The Hall–Kier alpha value is -2.71. The number of carboxylic acid groups (broad SMARTS) is 1. The Morgan fingerprint density at radius 2 is 1.40 bits per heavy atom. The predicted octanol–water partition coefficient (Wildman–Crippen LogP) is 5.10. The molecule has 0 saturated heterocycles. The third kappa shape index (κ3) is 4.04. The van der Waals surface area contributed by atoms with Gasteiger partial charge >= 0.3 is 18.3 Å². The second-order valence-electron chi connectivity index (χ2n) is 5.01. The minimum Gasteiger partial charge on any atom is -0.496 e. The average Bonchev–Trinajstić information content (AvgIpc) is 2.52. The maximum absolute atomic E-state index is 12.9. The summed E-state index contributed by atoms with van der Waals surface area (Å²) >= 11 is 0. The Balaban J connectivity index is 2.70. The van der Waals surface area contributed by atoms with E-state index in [0.717, 1.165) is 12.1 Å². The van der Waals surface area contributed by atoms with Gasteiger partial charge in [-0.15, -0.1) is 0 Å². The molecule has 0 aliphatic carbocycles. The lowest BCUT2D eigenvalue weighted by atomic mass is 9.97. The lowest BCUT2D eigenvalue weighted by Crippen LogP contribution is -2.11. The molecule has 9 heteroatoms.